The fourth-order valence-electron chi connectivity index (χ4n) is 1.41. The van der Waals surface area contributed by atoms with Crippen molar-refractivity contribution in [3.63, 3.8) is 0 Å². The smallest absolute Gasteiger partial charge is 0.251 e. The van der Waals surface area contributed by atoms with Crippen LogP contribution in [0.4, 0.5) is 0 Å². The third-order valence-electron chi connectivity index (χ3n) is 2.23. The summed E-state index contributed by atoms with van der Waals surface area (Å²) in [6.07, 6.45) is 5.70. The van der Waals surface area contributed by atoms with E-state index >= 15 is 0 Å². The van der Waals surface area contributed by atoms with E-state index in [1.54, 1.807) is 18.2 Å². The summed E-state index contributed by atoms with van der Waals surface area (Å²) in [6.45, 7) is 3.73. The van der Waals surface area contributed by atoms with Gasteiger partial charge in [-0.25, -0.2) is 0 Å². The number of rotatable bonds is 3. The molecule has 0 bridgehead atoms. The van der Waals surface area contributed by atoms with E-state index in [0.717, 1.165) is 5.56 Å². The Bertz CT molecular complexity index is 434. The van der Waals surface area contributed by atoms with Crippen molar-refractivity contribution in [2.24, 2.45) is 0 Å². The number of amides is 1. The second-order valence-electron chi connectivity index (χ2n) is 3.74. The van der Waals surface area contributed by atoms with E-state index in [-0.39, 0.29) is 11.9 Å². The van der Waals surface area contributed by atoms with Gasteiger partial charge in [0.05, 0.1) is 0 Å². The van der Waals surface area contributed by atoms with Crippen molar-refractivity contribution in [1.29, 1.82) is 0 Å². The Morgan fingerprint density at radius 1 is 1.62 bits per heavy atom. The van der Waals surface area contributed by atoms with E-state index < -0.39 is 0 Å². The summed E-state index contributed by atoms with van der Waals surface area (Å²) in [4.78, 5) is 11.8. The summed E-state index contributed by atoms with van der Waals surface area (Å²) in [5.74, 6) is 2.40. The van der Waals surface area contributed by atoms with E-state index in [1.807, 2.05) is 13.8 Å². The molecular formula is C13H14ClNO. The Morgan fingerprint density at radius 3 is 2.88 bits per heavy atom. The standard InChI is InChI=1S/C13H14ClNO/c1-4-5-10(3)15-13(16)12-7-6-11(14)8-9(12)2/h1,6-8,10H,5H2,2-3H3,(H,15,16). The van der Waals surface area contributed by atoms with E-state index in [9.17, 15) is 4.79 Å². The van der Waals surface area contributed by atoms with Crippen LogP contribution in [0.1, 0.15) is 29.3 Å². The number of nitrogens with one attached hydrogen (secondary N) is 1. The van der Waals surface area contributed by atoms with Crippen LogP contribution in [0.3, 0.4) is 0 Å². The number of benzene rings is 1. The van der Waals surface area contributed by atoms with E-state index in [0.29, 0.717) is 17.0 Å². The van der Waals surface area contributed by atoms with Gasteiger partial charge < -0.3 is 5.32 Å². The average Bonchev–Trinajstić information content (AvgIpc) is 2.17. The summed E-state index contributed by atoms with van der Waals surface area (Å²) < 4.78 is 0. The van der Waals surface area contributed by atoms with Gasteiger partial charge in [-0.3, -0.25) is 4.79 Å². The molecule has 1 aromatic carbocycles. The van der Waals surface area contributed by atoms with Gasteiger partial charge in [-0.1, -0.05) is 11.6 Å². The van der Waals surface area contributed by atoms with Gasteiger partial charge >= 0.3 is 0 Å². The molecule has 0 aromatic heterocycles. The molecule has 1 atom stereocenters. The van der Waals surface area contributed by atoms with Crippen molar-refractivity contribution in [2.75, 3.05) is 0 Å². The topological polar surface area (TPSA) is 29.1 Å². The summed E-state index contributed by atoms with van der Waals surface area (Å²) in [5.41, 5.74) is 1.49. The average molecular weight is 236 g/mol. The van der Waals surface area contributed by atoms with Crippen LogP contribution in [0.2, 0.25) is 5.02 Å². The molecule has 0 saturated carbocycles. The lowest BCUT2D eigenvalue weighted by molar-refractivity contribution is 0.0940. The SMILES string of the molecule is C#CCC(C)NC(=O)c1ccc(Cl)cc1C. The predicted octanol–water partition coefficient (Wildman–Crippen LogP) is 2.79. The Labute approximate surface area is 101 Å². The first kappa shape index (κ1) is 12.6. The fourth-order valence-corrected chi connectivity index (χ4v) is 1.64. The number of halogens is 1. The first-order chi connectivity index (χ1) is 7.54. The van der Waals surface area contributed by atoms with Gasteiger partial charge in [0.15, 0.2) is 0 Å². The van der Waals surface area contributed by atoms with Crippen molar-refractivity contribution < 1.29 is 4.79 Å². The van der Waals surface area contributed by atoms with Crippen molar-refractivity contribution in [2.45, 2.75) is 26.3 Å². The zero-order valence-corrected chi connectivity index (χ0v) is 10.1. The predicted molar refractivity (Wildman–Crippen MR) is 66.6 cm³/mol. The normalized spacial score (nSPS) is 11.6. The van der Waals surface area contributed by atoms with E-state index in [4.69, 9.17) is 18.0 Å². The first-order valence-electron chi connectivity index (χ1n) is 5.05. The monoisotopic (exact) mass is 235 g/mol. The highest BCUT2D eigenvalue weighted by Crippen LogP contribution is 2.15. The number of hydrogen-bond donors (Lipinski definition) is 1. The van der Waals surface area contributed by atoms with Crippen LogP contribution in [0.5, 0.6) is 0 Å². The molecule has 0 aliphatic carbocycles. The molecule has 84 valence electrons. The Morgan fingerprint density at radius 2 is 2.31 bits per heavy atom. The van der Waals surface area contributed by atoms with Crippen molar-refractivity contribution in [3.8, 4) is 12.3 Å². The van der Waals surface area contributed by atoms with Crippen LogP contribution in [-0.4, -0.2) is 11.9 Å². The zero-order chi connectivity index (χ0) is 12.1. The second kappa shape index (κ2) is 5.58. The van der Waals surface area contributed by atoms with Crippen molar-refractivity contribution >= 4 is 17.5 Å². The minimum atomic E-state index is -0.114. The van der Waals surface area contributed by atoms with Gasteiger partial charge in [0, 0.05) is 23.0 Å². The quantitative estimate of drug-likeness (QED) is 0.802. The zero-order valence-electron chi connectivity index (χ0n) is 9.38. The van der Waals surface area contributed by atoms with Gasteiger partial charge in [0.25, 0.3) is 5.91 Å². The number of terminal acetylenes is 1. The Balaban J connectivity index is 2.78. The maximum atomic E-state index is 11.8. The molecular weight excluding hydrogens is 222 g/mol. The van der Waals surface area contributed by atoms with Crippen molar-refractivity contribution in [3.05, 3.63) is 34.3 Å². The summed E-state index contributed by atoms with van der Waals surface area (Å²) in [7, 11) is 0. The van der Waals surface area contributed by atoms with E-state index in [1.165, 1.54) is 0 Å². The maximum absolute atomic E-state index is 11.8. The lowest BCUT2D eigenvalue weighted by Gasteiger charge is -2.12. The lowest BCUT2D eigenvalue weighted by atomic mass is 10.1. The number of aryl methyl sites for hydroxylation is 1. The molecule has 0 spiro atoms. The van der Waals surface area contributed by atoms with Crippen LogP contribution in [0.25, 0.3) is 0 Å². The molecule has 1 N–H and O–H groups in total. The molecule has 0 aliphatic rings. The molecule has 1 rings (SSSR count). The van der Waals surface area contributed by atoms with Crippen molar-refractivity contribution in [1.82, 2.24) is 5.32 Å². The highest BCUT2D eigenvalue weighted by molar-refractivity contribution is 6.30. The lowest BCUT2D eigenvalue weighted by Crippen LogP contribution is -2.32. The minimum Gasteiger partial charge on any atom is -0.349 e. The molecule has 16 heavy (non-hydrogen) atoms. The Hall–Kier alpha value is -1.46. The van der Waals surface area contributed by atoms with Crippen LogP contribution < -0.4 is 5.32 Å². The van der Waals surface area contributed by atoms with Crippen LogP contribution in [0, 0.1) is 19.3 Å². The van der Waals surface area contributed by atoms with Gasteiger partial charge in [0.1, 0.15) is 0 Å². The molecule has 0 saturated heterocycles. The van der Waals surface area contributed by atoms with Gasteiger partial charge in [-0.2, -0.15) is 0 Å². The molecule has 0 radical (unpaired) electrons. The molecule has 2 nitrogen and oxygen atoms in total. The van der Waals surface area contributed by atoms with Gasteiger partial charge in [-0.05, 0) is 37.6 Å². The highest BCUT2D eigenvalue weighted by atomic mass is 35.5. The summed E-state index contributed by atoms with van der Waals surface area (Å²) >= 11 is 5.82. The largest absolute Gasteiger partial charge is 0.349 e. The molecule has 0 heterocycles. The molecule has 1 amide bonds. The second-order valence-corrected chi connectivity index (χ2v) is 4.18. The Kier molecular flexibility index (Phi) is 4.39. The van der Waals surface area contributed by atoms with Crippen LogP contribution in [0.15, 0.2) is 18.2 Å². The molecule has 0 fully saturated rings. The number of carbonyl (C=O) groups is 1. The first-order valence-corrected chi connectivity index (χ1v) is 5.43. The highest BCUT2D eigenvalue weighted by Gasteiger charge is 2.11. The van der Waals surface area contributed by atoms with Crippen LogP contribution in [-0.2, 0) is 0 Å². The third-order valence-corrected chi connectivity index (χ3v) is 2.47. The molecule has 1 unspecified atom stereocenters. The maximum Gasteiger partial charge on any atom is 0.251 e. The number of carbonyl (C=O) groups excluding carboxylic acids is 1. The third kappa shape index (κ3) is 3.29. The summed E-state index contributed by atoms with van der Waals surface area (Å²) in [5, 5.41) is 3.46. The fraction of sp³-hybridized carbons (Fsp3) is 0.308. The summed E-state index contributed by atoms with van der Waals surface area (Å²) in [6, 6.07) is 5.17. The molecule has 0 aliphatic heterocycles. The minimum absolute atomic E-state index is 0.0208. The van der Waals surface area contributed by atoms with E-state index in [2.05, 4.69) is 11.2 Å². The molecule has 3 heteroatoms. The number of hydrogen-bond acceptors (Lipinski definition) is 1. The molecule has 1 aromatic rings. The van der Waals surface area contributed by atoms with Gasteiger partial charge in [-0.15, -0.1) is 12.3 Å². The van der Waals surface area contributed by atoms with Gasteiger partial charge in [0.2, 0.25) is 0 Å². The van der Waals surface area contributed by atoms with Crippen LogP contribution >= 0.6 is 11.6 Å².